The van der Waals surface area contributed by atoms with Crippen molar-refractivity contribution in [2.45, 2.75) is 12.2 Å². The van der Waals surface area contributed by atoms with Crippen molar-refractivity contribution < 1.29 is 10.2 Å². The first-order valence-corrected chi connectivity index (χ1v) is 6.01. The first-order valence-electron chi connectivity index (χ1n) is 5.25. The molecule has 0 saturated carbocycles. The molecule has 0 aromatic carbocycles. The Hall–Kier alpha value is -0.920. The van der Waals surface area contributed by atoms with Crippen LogP contribution < -0.4 is 5.32 Å². The number of rotatable bonds is 4. The quantitative estimate of drug-likeness (QED) is 0.495. The summed E-state index contributed by atoms with van der Waals surface area (Å²) in [6, 6.07) is 0. The molecule has 2 rings (SSSR count). The fraction of sp³-hybridized carbons (Fsp3) is 0.400. The van der Waals surface area contributed by atoms with Gasteiger partial charge in [-0.3, -0.25) is 0 Å². The molecule has 6 nitrogen and oxygen atoms in total. The van der Waals surface area contributed by atoms with Crippen LogP contribution in [-0.4, -0.2) is 44.9 Å². The van der Waals surface area contributed by atoms with E-state index in [1.165, 1.54) is 6.20 Å². The predicted molar refractivity (Wildman–Crippen MR) is 68.8 cm³/mol. The maximum atomic E-state index is 10.0. The van der Waals surface area contributed by atoms with Gasteiger partial charge in [0.05, 0.1) is 11.5 Å². The van der Waals surface area contributed by atoms with Gasteiger partial charge in [-0.1, -0.05) is 11.6 Å². The maximum Gasteiger partial charge on any atom is 0.225 e. The Morgan fingerprint density at radius 1 is 1.39 bits per heavy atom. The topological polar surface area (TPSA) is 94.1 Å². The number of hydrogen-bond acceptors (Lipinski definition) is 5. The molecule has 2 heterocycles. The lowest BCUT2D eigenvalue weighted by molar-refractivity contribution is 0.0211. The van der Waals surface area contributed by atoms with Crippen molar-refractivity contribution in [3.63, 3.8) is 0 Å². The van der Waals surface area contributed by atoms with Crippen LogP contribution in [0.1, 0.15) is 11.7 Å². The Balaban J connectivity index is 2.46. The van der Waals surface area contributed by atoms with E-state index >= 15 is 0 Å². The lowest BCUT2D eigenvalue weighted by Crippen LogP contribution is -2.29. The summed E-state index contributed by atoms with van der Waals surface area (Å²) < 4.78 is 0. The molecule has 0 saturated heterocycles. The van der Waals surface area contributed by atoms with Crippen molar-refractivity contribution in [3.05, 3.63) is 22.2 Å². The van der Waals surface area contributed by atoms with Crippen molar-refractivity contribution >= 4 is 34.2 Å². The average molecular weight is 291 g/mol. The summed E-state index contributed by atoms with van der Waals surface area (Å²) in [6.07, 6.45) is -0.514. The summed E-state index contributed by atoms with van der Waals surface area (Å²) in [5, 5.41) is 23.2. The molecule has 0 amide bonds. The summed E-state index contributed by atoms with van der Waals surface area (Å²) in [5.74, 6) is 0. The lowest BCUT2D eigenvalue weighted by atomic mass is 10.1. The molecule has 0 bridgehead atoms. The Morgan fingerprint density at radius 3 is 2.78 bits per heavy atom. The number of aliphatic hydroxyl groups excluding tert-OH is 2. The van der Waals surface area contributed by atoms with E-state index < -0.39 is 12.2 Å². The molecule has 8 heteroatoms. The van der Waals surface area contributed by atoms with Crippen molar-refractivity contribution in [1.29, 1.82) is 0 Å². The zero-order valence-electron chi connectivity index (χ0n) is 9.48. The minimum Gasteiger partial charge on any atom is -0.389 e. The van der Waals surface area contributed by atoms with E-state index in [2.05, 4.69) is 20.3 Å². The molecule has 0 radical (unpaired) electrons. The highest BCUT2D eigenvalue weighted by molar-refractivity contribution is 6.35. The van der Waals surface area contributed by atoms with Gasteiger partial charge in [-0.15, -0.1) is 0 Å². The second-order valence-electron chi connectivity index (χ2n) is 3.82. The highest BCUT2D eigenvalue weighted by Crippen LogP contribution is 2.30. The van der Waals surface area contributed by atoms with Gasteiger partial charge in [0.15, 0.2) is 0 Å². The van der Waals surface area contributed by atoms with Gasteiger partial charge in [-0.25, -0.2) is 4.98 Å². The zero-order valence-corrected chi connectivity index (χ0v) is 11.0. The predicted octanol–water partition coefficient (Wildman–Crippen LogP) is 0.878. The molecule has 2 unspecified atom stereocenters. The van der Waals surface area contributed by atoms with Crippen molar-refractivity contribution in [3.8, 4) is 0 Å². The molecular formula is C10H12Cl2N4O2. The number of halogens is 2. The van der Waals surface area contributed by atoms with E-state index in [-0.39, 0.29) is 17.0 Å². The van der Waals surface area contributed by atoms with E-state index in [9.17, 15) is 10.2 Å². The van der Waals surface area contributed by atoms with Gasteiger partial charge in [-0.05, 0) is 18.6 Å². The number of likely N-dealkylation sites (N-methyl/N-ethyl adjacent to an activating group) is 1. The van der Waals surface area contributed by atoms with Crippen molar-refractivity contribution in [2.24, 2.45) is 0 Å². The normalized spacial score (nSPS) is 14.9. The number of aromatic nitrogens is 3. The Morgan fingerprint density at radius 2 is 2.11 bits per heavy atom. The van der Waals surface area contributed by atoms with E-state index in [4.69, 9.17) is 23.2 Å². The van der Waals surface area contributed by atoms with Crippen LogP contribution in [0.25, 0.3) is 11.0 Å². The molecule has 4 N–H and O–H groups in total. The fourth-order valence-corrected chi connectivity index (χ4v) is 2.24. The highest BCUT2D eigenvalue weighted by atomic mass is 35.5. The third-order valence-electron chi connectivity index (χ3n) is 2.59. The molecule has 0 aliphatic heterocycles. The number of nitrogens with one attached hydrogen (secondary N) is 2. The molecule has 0 aliphatic carbocycles. The second-order valence-corrected chi connectivity index (χ2v) is 4.52. The van der Waals surface area contributed by atoms with E-state index in [1.54, 1.807) is 7.05 Å². The van der Waals surface area contributed by atoms with Crippen LogP contribution >= 0.6 is 23.2 Å². The maximum absolute atomic E-state index is 10.0. The number of aromatic amines is 1. The number of H-pyrrole nitrogens is 1. The molecule has 2 aromatic heterocycles. The van der Waals surface area contributed by atoms with Crippen LogP contribution in [0.5, 0.6) is 0 Å². The molecule has 0 aliphatic rings. The van der Waals surface area contributed by atoms with Crippen LogP contribution in [0.3, 0.4) is 0 Å². The largest absolute Gasteiger partial charge is 0.389 e. The van der Waals surface area contributed by atoms with Gasteiger partial charge in [0, 0.05) is 18.3 Å². The Kier molecular flexibility index (Phi) is 4.04. The monoisotopic (exact) mass is 290 g/mol. The van der Waals surface area contributed by atoms with Crippen molar-refractivity contribution in [2.75, 3.05) is 13.6 Å². The molecule has 18 heavy (non-hydrogen) atoms. The van der Waals surface area contributed by atoms with Gasteiger partial charge in [0.2, 0.25) is 5.28 Å². The second kappa shape index (κ2) is 5.38. The summed E-state index contributed by atoms with van der Waals surface area (Å²) in [6.45, 7) is 0.250. The highest BCUT2D eigenvalue weighted by Gasteiger charge is 2.23. The Labute approximate surface area is 113 Å². The van der Waals surface area contributed by atoms with E-state index in [1.807, 2.05) is 0 Å². The van der Waals surface area contributed by atoms with Crippen LogP contribution in [0.4, 0.5) is 0 Å². The standard InChI is InChI=1S/C10H12Cl2N4O2/c1-13-3-5(17)7(18)4-2-14-9-6(4)8(11)15-10(12)16-9/h2,5,7,13,17-18H,3H2,1H3,(H,14,15,16). The number of fused-ring (bicyclic) bond motifs is 1. The minimum absolute atomic E-state index is 0.0196. The first-order chi connectivity index (χ1) is 8.54. The fourth-order valence-electron chi connectivity index (χ4n) is 1.75. The molecule has 2 atom stereocenters. The van der Waals surface area contributed by atoms with Gasteiger partial charge in [0.25, 0.3) is 0 Å². The smallest absolute Gasteiger partial charge is 0.225 e. The zero-order chi connectivity index (χ0) is 13.3. The SMILES string of the molecule is CNCC(O)C(O)c1c[nH]c2nc(Cl)nc(Cl)c12. The van der Waals surface area contributed by atoms with Gasteiger partial charge in [0.1, 0.15) is 16.9 Å². The third kappa shape index (κ3) is 2.43. The van der Waals surface area contributed by atoms with Gasteiger partial charge in [-0.2, -0.15) is 4.98 Å². The van der Waals surface area contributed by atoms with E-state index in [0.29, 0.717) is 16.6 Å². The molecule has 0 spiro atoms. The Bertz CT molecular complexity index is 560. The first kappa shape index (κ1) is 13.5. The molecule has 98 valence electrons. The van der Waals surface area contributed by atoms with Crippen LogP contribution in [0.15, 0.2) is 6.20 Å². The summed E-state index contributed by atoms with van der Waals surface area (Å²) in [7, 11) is 1.68. The lowest BCUT2D eigenvalue weighted by Gasteiger charge is -2.16. The third-order valence-corrected chi connectivity index (χ3v) is 3.03. The average Bonchev–Trinajstić information content (AvgIpc) is 2.72. The van der Waals surface area contributed by atoms with Crippen molar-refractivity contribution in [1.82, 2.24) is 20.3 Å². The summed E-state index contributed by atoms with van der Waals surface area (Å²) >= 11 is 11.6. The van der Waals surface area contributed by atoms with E-state index in [0.717, 1.165) is 0 Å². The number of aliphatic hydroxyl groups is 2. The molecule has 0 fully saturated rings. The molecule has 2 aromatic rings. The number of hydrogen-bond donors (Lipinski definition) is 4. The van der Waals surface area contributed by atoms with Gasteiger partial charge < -0.3 is 20.5 Å². The molecular weight excluding hydrogens is 279 g/mol. The summed E-state index contributed by atoms with van der Waals surface area (Å²) in [4.78, 5) is 10.6. The minimum atomic E-state index is -1.09. The van der Waals surface area contributed by atoms with Crippen LogP contribution in [-0.2, 0) is 0 Å². The number of nitrogens with zero attached hydrogens (tertiary/aromatic N) is 2. The summed E-state index contributed by atoms with van der Waals surface area (Å²) in [5.41, 5.74) is 0.861. The van der Waals surface area contributed by atoms with Gasteiger partial charge >= 0.3 is 0 Å². The van der Waals surface area contributed by atoms with Crippen LogP contribution in [0, 0.1) is 0 Å². The van der Waals surface area contributed by atoms with Crippen LogP contribution in [0.2, 0.25) is 10.4 Å².